The van der Waals surface area contributed by atoms with Gasteiger partial charge in [-0.3, -0.25) is 9.59 Å². The van der Waals surface area contributed by atoms with Crippen LogP contribution in [-0.2, 0) is 9.59 Å². The van der Waals surface area contributed by atoms with Crippen molar-refractivity contribution in [2.75, 3.05) is 6.61 Å². The highest BCUT2D eigenvalue weighted by Crippen LogP contribution is 2.68. The summed E-state index contributed by atoms with van der Waals surface area (Å²) >= 11 is 0. The molecule has 0 saturated heterocycles. The van der Waals surface area contributed by atoms with E-state index in [2.05, 4.69) is 6.92 Å². The second-order valence-corrected chi connectivity index (χ2v) is 9.91. The third kappa shape index (κ3) is 2.14. The van der Waals surface area contributed by atoms with Crippen molar-refractivity contribution in [1.29, 1.82) is 0 Å². The number of aliphatic hydroxyl groups is 3. The quantitative estimate of drug-likeness (QED) is 0.695. The predicted molar refractivity (Wildman–Crippen MR) is 95.2 cm³/mol. The van der Waals surface area contributed by atoms with Crippen LogP contribution in [0.15, 0.2) is 0 Å². The first-order valence-electron chi connectivity index (χ1n) is 10.2. The molecule has 0 bridgehead atoms. The number of ketones is 2. The van der Waals surface area contributed by atoms with Crippen LogP contribution in [0.5, 0.6) is 0 Å². The van der Waals surface area contributed by atoms with Gasteiger partial charge in [0, 0.05) is 18.3 Å². The fourth-order valence-corrected chi connectivity index (χ4v) is 7.63. The molecule has 0 aromatic carbocycles. The topological polar surface area (TPSA) is 94.8 Å². The first kappa shape index (κ1) is 18.6. The second kappa shape index (κ2) is 5.86. The zero-order valence-electron chi connectivity index (χ0n) is 15.9. The Morgan fingerprint density at radius 1 is 1.15 bits per heavy atom. The Labute approximate surface area is 155 Å². The lowest BCUT2D eigenvalue weighted by molar-refractivity contribution is -0.206. The lowest BCUT2D eigenvalue weighted by Gasteiger charge is -2.62. The van der Waals surface area contributed by atoms with Gasteiger partial charge in [-0.15, -0.1) is 0 Å². The zero-order valence-corrected chi connectivity index (χ0v) is 15.9. The Kier molecular flexibility index (Phi) is 4.18. The Bertz CT molecular complexity index is 632. The van der Waals surface area contributed by atoms with E-state index in [1.165, 1.54) is 0 Å². The van der Waals surface area contributed by atoms with Crippen molar-refractivity contribution in [2.24, 2.45) is 34.5 Å². The van der Waals surface area contributed by atoms with Gasteiger partial charge in [0.15, 0.2) is 5.78 Å². The molecule has 0 radical (unpaired) electrons. The van der Waals surface area contributed by atoms with Crippen molar-refractivity contribution in [1.82, 2.24) is 0 Å². The Hall–Kier alpha value is -0.780. The van der Waals surface area contributed by atoms with Gasteiger partial charge in [-0.25, -0.2) is 0 Å². The summed E-state index contributed by atoms with van der Waals surface area (Å²) in [6.07, 6.45) is 5.11. The minimum Gasteiger partial charge on any atom is -0.392 e. The van der Waals surface area contributed by atoms with E-state index in [9.17, 15) is 24.9 Å². The molecule has 0 heterocycles. The second-order valence-electron chi connectivity index (χ2n) is 9.91. The molecule has 4 saturated carbocycles. The Morgan fingerprint density at radius 2 is 1.88 bits per heavy atom. The minimum absolute atomic E-state index is 0.0703. The smallest absolute Gasteiger partial charge is 0.190 e. The molecule has 4 aliphatic rings. The van der Waals surface area contributed by atoms with Gasteiger partial charge < -0.3 is 15.3 Å². The third-order valence-electron chi connectivity index (χ3n) is 9.33. The van der Waals surface area contributed by atoms with Crippen molar-refractivity contribution in [3.05, 3.63) is 0 Å². The molecule has 4 rings (SSSR count). The lowest BCUT2D eigenvalue weighted by Crippen LogP contribution is -2.64. The molecule has 5 heteroatoms. The van der Waals surface area contributed by atoms with E-state index in [0.29, 0.717) is 49.2 Å². The maximum Gasteiger partial charge on any atom is 0.190 e. The summed E-state index contributed by atoms with van der Waals surface area (Å²) < 4.78 is 0. The average molecular weight is 364 g/mol. The summed E-state index contributed by atoms with van der Waals surface area (Å²) in [5.74, 6) is 1.03. The van der Waals surface area contributed by atoms with Crippen LogP contribution >= 0.6 is 0 Å². The summed E-state index contributed by atoms with van der Waals surface area (Å²) in [6, 6.07) is 0. The zero-order chi connectivity index (χ0) is 18.9. The normalized spacial score (nSPS) is 53.6. The van der Waals surface area contributed by atoms with E-state index >= 15 is 0 Å². The van der Waals surface area contributed by atoms with Gasteiger partial charge in [-0.1, -0.05) is 13.8 Å². The number of carbonyl (C=O) groups is 2. The van der Waals surface area contributed by atoms with E-state index in [4.69, 9.17) is 0 Å². The van der Waals surface area contributed by atoms with Crippen LogP contribution in [-0.4, -0.2) is 45.2 Å². The van der Waals surface area contributed by atoms with Crippen LogP contribution < -0.4 is 0 Å². The van der Waals surface area contributed by atoms with Crippen LogP contribution in [0.4, 0.5) is 0 Å². The number of carbonyl (C=O) groups excluding carboxylic acids is 2. The summed E-state index contributed by atoms with van der Waals surface area (Å²) in [4.78, 5) is 24.3. The number of hydrogen-bond donors (Lipinski definition) is 3. The number of rotatable bonds is 2. The first-order valence-corrected chi connectivity index (χ1v) is 10.2. The molecule has 0 aliphatic heterocycles. The van der Waals surface area contributed by atoms with E-state index in [1.54, 1.807) is 0 Å². The van der Waals surface area contributed by atoms with E-state index in [0.717, 1.165) is 25.7 Å². The molecule has 26 heavy (non-hydrogen) atoms. The first-order chi connectivity index (χ1) is 12.2. The van der Waals surface area contributed by atoms with Gasteiger partial charge in [0.2, 0.25) is 0 Å². The van der Waals surface area contributed by atoms with Crippen LogP contribution in [0.25, 0.3) is 0 Å². The van der Waals surface area contributed by atoms with Crippen LogP contribution in [0.3, 0.4) is 0 Å². The average Bonchev–Trinajstić information content (AvgIpc) is 2.90. The number of hydrogen-bond acceptors (Lipinski definition) is 5. The molecular formula is C21H32O5. The maximum absolute atomic E-state index is 12.4. The highest BCUT2D eigenvalue weighted by Gasteiger charge is 2.69. The number of aliphatic hydroxyl groups excluding tert-OH is 2. The van der Waals surface area contributed by atoms with Crippen molar-refractivity contribution in [3.63, 3.8) is 0 Å². The van der Waals surface area contributed by atoms with Gasteiger partial charge >= 0.3 is 0 Å². The van der Waals surface area contributed by atoms with Gasteiger partial charge in [-0.2, -0.15) is 0 Å². The summed E-state index contributed by atoms with van der Waals surface area (Å²) in [7, 11) is 0. The number of fused-ring (bicyclic) bond motifs is 5. The molecule has 4 fully saturated rings. The molecule has 0 aromatic rings. The van der Waals surface area contributed by atoms with E-state index in [1.807, 2.05) is 6.92 Å². The van der Waals surface area contributed by atoms with Gasteiger partial charge in [-0.05, 0) is 67.6 Å². The molecule has 4 aliphatic carbocycles. The summed E-state index contributed by atoms with van der Waals surface area (Å²) in [6.45, 7) is 3.48. The SMILES string of the molecule is C[C@]12CCC(=O)C[C@H]1CCC1C2C[C@H](O)[C@@]2(C)C1CC[C@]2(O)C(=O)CO. The van der Waals surface area contributed by atoms with Gasteiger partial charge in [0.25, 0.3) is 0 Å². The molecule has 0 aromatic heterocycles. The van der Waals surface area contributed by atoms with Crippen LogP contribution in [0.1, 0.15) is 65.2 Å². The minimum atomic E-state index is -1.63. The molecule has 146 valence electrons. The molecule has 3 N–H and O–H groups in total. The van der Waals surface area contributed by atoms with Gasteiger partial charge in [0.05, 0.1) is 6.10 Å². The third-order valence-corrected chi connectivity index (χ3v) is 9.33. The van der Waals surface area contributed by atoms with E-state index < -0.39 is 29.5 Å². The van der Waals surface area contributed by atoms with Gasteiger partial charge in [0.1, 0.15) is 18.0 Å². The Balaban J connectivity index is 1.70. The van der Waals surface area contributed by atoms with Crippen LogP contribution in [0.2, 0.25) is 0 Å². The molecule has 0 spiro atoms. The standard InChI is InChI=1S/C21H32O5/c1-19-7-5-13(23)9-12(19)3-4-14-15-6-8-21(26,18(25)11-22)20(15,2)17(24)10-16(14)19/h12,14-17,22,24,26H,3-11H2,1-2H3/t12-,14?,15?,16?,17+,19+,20-,21+/m1/s1. The summed E-state index contributed by atoms with van der Waals surface area (Å²) in [5, 5.41) is 31.7. The monoisotopic (exact) mass is 364 g/mol. The molecule has 3 unspecified atom stereocenters. The molecule has 0 amide bonds. The molecule has 5 nitrogen and oxygen atoms in total. The fourth-order valence-electron chi connectivity index (χ4n) is 7.63. The van der Waals surface area contributed by atoms with Crippen molar-refractivity contribution < 1.29 is 24.9 Å². The number of Topliss-reactive ketones (excluding diaryl/α,β-unsaturated/α-hetero) is 2. The largest absolute Gasteiger partial charge is 0.392 e. The molecular weight excluding hydrogens is 332 g/mol. The lowest BCUT2D eigenvalue weighted by atomic mass is 9.43. The van der Waals surface area contributed by atoms with Crippen molar-refractivity contribution in [2.45, 2.75) is 76.9 Å². The van der Waals surface area contributed by atoms with Crippen molar-refractivity contribution in [3.8, 4) is 0 Å². The Morgan fingerprint density at radius 3 is 2.58 bits per heavy atom. The highest BCUT2D eigenvalue weighted by molar-refractivity contribution is 5.89. The van der Waals surface area contributed by atoms with E-state index in [-0.39, 0.29) is 11.3 Å². The van der Waals surface area contributed by atoms with Crippen LogP contribution in [0, 0.1) is 34.5 Å². The highest BCUT2D eigenvalue weighted by atomic mass is 16.3. The summed E-state index contributed by atoms with van der Waals surface area (Å²) in [5.41, 5.74) is -2.44. The maximum atomic E-state index is 12.4. The molecule has 8 atom stereocenters. The van der Waals surface area contributed by atoms with Crippen molar-refractivity contribution >= 4 is 11.6 Å². The fraction of sp³-hybridized carbons (Fsp3) is 0.905. The predicted octanol–water partition coefficient (Wildman–Crippen LogP) is 1.86.